The molecule has 2 N–H and O–H groups in total. The lowest BCUT2D eigenvalue weighted by atomic mass is 10.1. The summed E-state index contributed by atoms with van der Waals surface area (Å²) in [7, 11) is 0. The summed E-state index contributed by atoms with van der Waals surface area (Å²) in [6.45, 7) is 2.62. The number of nitrogens with zero attached hydrogens (tertiary/aromatic N) is 1. The molecule has 7 heteroatoms. The molecule has 2 aliphatic heterocycles. The molecule has 2 fully saturated rings. The van der Waals surface area contributed by atoms with Crippen LogP contribution < -0.4 is 5.32 Å². The molecule has 124 valence electrons. The lowest BCUT2D eigenvalue weighted by Gasteiger charge is -2.38. The van der Waals surface area contributed by atoms with E-state index < -0.39 is 11.8 Å². The second-order valence-electron chi connectivity index (χ2n) is 5.79. The monoisotopic (exact) mass is 320 g/mol. The molecule has 2 saturated heterocycles. The fourth-order valence-electron chi connectivity index (χ4n) is 2.95. The Kier molecular flexibility index (Phi) is 4.49. The van der Waals surface area contributed by atoms with Gasteiger partial charge in [-0.3, -0.25) is 0 Å². The summed E-state index contributed by atoms with van der Waals surface area (Å²) >= 11 is 0. The van der Waals surface area contributed by atoms with Crippen molar-refractivity contribution >= 4 is 12.0 Å². The number of piperidine rings is 1. The van der Waals surface area contributed by atoms with E-state index in [0.717, 1.165) is 18.4 Å². The van der Waals surface area contributed by atoms with Crippen LogP contribution in [0.3, 0.4) is 0 Å². The van der Waals surface area contributed by atoms with Crippen LogP contribution in [0, 0.1) is 0 Å². The molecule has 23 heavy (non-hydrogen) atoms. The Morgan fingerprint density at radius 3 is 2.57 bits per heavy atom. The van der Waals surface area contributed by atoms with E-state index in [2.05, 4.69) is 5.32 Å². The van der Waals surface area contributed by atoms with Gasteiger partial charge in [0.15, 0.2) is 5.79 Å². The molecule has 1 aromatic carbocycles. The van der Waals surface area contributed by atoms with Crippen molar-refractivity contribution in [1.82, 2.24) is 10.2 Å². The molecule has 1 spiro atoms. The molecule has 1 aromatic rings. The van der Waals surface area contributed by atoms with Crippen LogP contribution in [0.15, 0.2) is 24.3 Å². The average molecular weight is 320 g/mol. The van der Waals surface area contributed by atoms with Crippen LogP contribution in [-0.4, -0.2) is 54.1 Å². The van der Waals surface area contributed by atoms with Crippen LogP contribution in [-0.2, 0) is 16.0 Å². The number of nitrogens with one attached hydrogen (secondary N) is 1. The first kappa shape index (κ1) is 15.8. The zero-order valence-corrected chi connectivity index (χ0v) is 12.8. The Labute approximate surface area is 134 Å². The number of urea groups is 1. The lowest BCUT2D eigenvalue weighted by molar-refractivity contribution is -0.182. The van der Waals surface area contributed by atoms with Crippen LogP contribution >= 0.6 is 0 Å². The molecule has 3 rings (SSSR count). The molecule has 0 aromatic heterocycles. The Hall–Kier alpha value is -2.12. The molecule has 0 unspecified atom stereocenters. The van der Waals surface area contributed by atoms with Crippen molar-refractivity contribution in [3.05, 3.63) is 35.4 Å². The maximum Gasteiger partial charge on any atom is 0.335 e. The third kappa shape index (κ3) is 3.62. The van der Waals surface area contributed by atoms with Crippen LogP contribution in [0.25, 0.3) is 0 Å². The maximum atomic E-state index is 12.3. The van der Waals surface area contributed by atoms with E-state index in [1.807, 2.05) is 0 Å². The number of carboxylic acid groups (broad SMARTS) is 1. The number of ether oxygens (including phenoxy) is 2. The zero-order valence-electron chi connectivity index (χ0n) is 12.8. The van der Waals surface area contributed by atoms with E-state index >= 15 is 0 Å². The van der Waals surface area contributed by atoms with Gasteiger partial charge in [-0.2, -0.15) is 0 Å². The van der Waals surface area contributed by atoms with Crippen molar-refractivity contribution in [2.45, 2.75) is 25.2 Å². The number of carbonyl (C=O) groups excluding carboxylic acids is 1. The third-order valence-electron chi connectivity index (χ3n) is 4.16. The summed E-state index contributed by atoms with van der Waals surface area (Å²) in [5, 5.41) is 11.7. The summed E-state index contributed by atoms with van der Waals surface area (Å²) in [5.41, 5.74) is 1.08. The topological polar surface area (TPSA) is 88.1 Å². The van der Waals surface area contributed by atoms with Gasteiger partial charge in [-0.25, -0.2) is 9.59 Å². The van der Waals surface area contributed by atoms with Crippen molar-refractivity contribution in [2.24, 2.45) is 0 Å². The largest absolute Gasteiger partial charge is 0.478 e. The average Bonchev–Trinajstić information content (AvgIpc) is 3.00. The van der Waals surface area contributed by atoms with Crippen molar-refractivity contribution in [2.75, 3.05) is 26.3 Å². The first-order valence-electron chi connectivity index (χ1n) is 7.71. The molecular formula is C16H20N2O5. The van der Waals surface area contributed by atoms with Gasteiger partial charge in [-0.05, 0) is 24.1 Å². The van der Waals surface area contributed by atoms with E-state index in [4.69, 9.17) is 14.6 Å². The lowest BCUT2D eigenvalue weighted by Crippen LogP contribution is -2.53. The van der Waals surface area contributed by atoms with Crippen LogP contribution in [0.1, 0.15) is 28.8 Å². The molecule has 0 aliphatic carbocycles. The molecular weight excluding hydrogens is 300 g/mol. The summed E-state index contributed by atoms with van der Waals surface area (Å²) in [5.74, 6) is -1.59. The Morgan fingerprint density at radius 1 is 1.22 bits per heavy atom. The summed E-state index contributed by atoms with van der Waals surface area (Å²) in [6.07, 6.45) is 1.66. The number of amides is 2. The van der Waals surface area contributed by atoms with Gasteiger partial charge in [0.2, 0.25) is 0 Å². The van der Waals surface area contributed by atoms with Gasteiger partial charge in [0.25, 0.3) is 0 Å². The third-order valence-corrected chi connectivity index (χ3v) is 4.16. The first-order chi connectivity index (χ1) is 11.1. The predicted molar refractivity (Wildman–Crippen MR) is 81.1 cm³/mol. The number of hydrogen-bond donors (Lipinski definition) is 2. The van der Waals surface area contributed by atoms with Crippen molar-refractivity contribution in [1.29, 1.82) is 0 Å². The quantitative estimate of drug-likeness (QED) is 0.880. The van der Waals surface area contributed by atoms with Crippen LogP contribution in [0.5, 0.6) is 0 Å². The highest BCUT2D eigenvalue weighted by molar-refractivity contribution is 5.87. The Bertz CT molecular complexity index is 581. The molecule has 2 aliphatic rings. The van der Waals surface area contributed by atoms with Crippen molar-refractivity contribution < 1.29 is 24.2 Å². The summed E-state index contributed by atoms with van der Waals surface area (Å²) in [4.78, 5) is 24.8. The Balaban J connectivity index is 1.53. The highest BCUT2D eigenvalue weighted by atomic mass is 16.7. The first-order valence-corrected chi connectivity index (χ1v) is 7.71. The standard InChI is InChI=1S/C16H20N2O5/c19-14(20)13-4-2-12(3-5-13)10-17-15(21)18-7-1-6-16(11-18)22-8-9-23-16/h2-5H,1,6-11H2,(H,17,21)(H,19,20). The number of hydrogen-bond acceptors (Lipinski definition) is 4. The van der Waals surface area contributed by atoms with Gasteiger partial charge >= 0.3 is 12.0 Å². The number of rotatable bonds is 3. The highest BCUT2D eigenvalue weighted by Crippen LogP contribution is 2.29. The minimum Gasteiger partial charge on any atom is -0.478 e. The minimum atomic E-state index is -0.962. The summed E-state index contributed by atoms with van der Waals surface area (Å²) < 4.78 is 11.3. The van der Waals surface area contributed by atoms with Crippen LogP contribution in [0.2, 0.25) is 0 Å². The predicted octanol–water partition coefficient (Wildman–Crippen LogP) is 1.43. The smallest absolute Gasteiger partial charge is 0.335 e. The van der Waals surface area contributed by atoms with E-state index in [-0.39, 0.29) is 11.6 Å². The van der Waals surface area contributed by atoms with E-state index in [9.17, 15) is 9.59 Å². The molecule has 0 saturated carbocycles. The molecule has 7 nitrogen and oxygen atoms in total. The van der Waals surface area contributed by atoms with E-state index in [1.165, 1.54) is 12.1 Å². The molecule has 2 amide bonds. The second-order valence-corrected chi connectivity index (χ2v) is 5.79. The molecule has 0 atom stereocenters. The maximum absolute atomic E-state index is 12.3. The van der Waals surface area contributed by atoms with Crippen molar-refractivity contribution in [3.8, 4) is 0 Å². The number of carbonyl (C=O) groups is 2. The van der Waals surface area contributed by atoms with E-state index in [0.29, 0.717) is 32.8 Å². The van der Waals surface area contributed by atoms with Gasteiger partial charge in [0.05, 0.1) is 25.3 Å². The highest BCUT2D eigenvalue weighted by Gasteiger charge is 2.42. The van der Waals surface area contributed by atoms with Gasteiger partial charge < -0.3 is 24.8 Å². The number of likely N-dealkylation sites (tertiary alicyclic amines) is 1. The fourth-order valence-corrected chi connectivity index (χ4v) is 2.95. The second kappa shape index (κ2) is 6.55. The number of carboxylic acids is 1. The number of aromatic carboxylic acids is 1. The van der Waals surface area contributed by atoms with E-state index in [1.54, 1.807) is 17.0 Å². The van der Waals surface area contributed by atoms with Gasteiger partial charge in [0.1, 0.15) is 0 Å². The Morgan fingerprint density at radius 2 is 1.91 bits per heavy atom. The number of benzene rings is 1. The normalized spacial score (nSPS) is 19.7. The zero-order chi connectivity index (χ0) is 16.3. The van der Waals surface area contributed by atoms with Crippen LogP contribution in [0.4, 0.5) is 4.79 Å². The molecule has 0 radical (unpaired) electrons. The SMILES string of the molecule is O=C(O)c1ccc(CNC(=O)N2CCCC3(C2)OCCO3)cc1. The minimum absolute atomic E-state index is 0.162. The fraction of sp³-hybridized carbons (Fsp3) is 0.500. The summed E-state index contributed by atoms with van der Waals surface area (Å²) in [6, 6.07) is 6.29. The van der Waals surface area contributed by atoms with Gasteiger partial charge in [-0.1, -0.05) is 12.1 Å². The molecule has 0 bridgehead atoms. The molecule has 2 heterocycles. The van der Waals surface area contributed by atoms with Crippen molar-refractivity contribution in [3.63, 3.8) is 0 Å². The van der Waals surface area contributed by atoms with Gasteiger partial charge in [-0.15, -0.1) is 0 Å². The van der Waals surface area contributed by atoms with Gasteiger partial charge in [0, 0.05) is 19.5 Å².